The first-order valence-corrected chi connectivity index (χ1v) is 17.6. The molecule has 4 aliphatic rings. The van der Waals surface area contributed by atoms with Crippen LogP contribution >= 0.6 is 11.6 Å². The summed E-state index contributed by atoms with van der Waals surface area (Å²) < 4.78 is 0. The van der Waals surface area contributed by atoms with Crippen molar-refractivity contribution in [2.75, 3.05) is 9.80 Å². The lowest BCUT2D eigenvalue weighted by atomic mass is 9.49. The fourth-order valence-electron chi connectivity index (χ4n) is 9.41. The Morgan fingerprint density at radius 1 is 0.780 bits per heavy atom. The minimum absolute atomic E-state index is 0.166. The van der Waals surface area contributed by atoms with Crippen LogP contribution in [0, 0.1) is 37.5 Å². The minimum Gasteiger partial charge on any atom is -0.507 e. The molecule has 2 aliphatic carbocycles. The van der Waals surface area contributed by atoms with Crippen molar-refractivity contribution in [3.05, 3.63) is 135 Å². The zero-order valence-electron chi connectivity index (χ0n) is 28.1. The van der Waals surface area contributed by atoms with Crippen LogP contribution in [0.25, 0.3) is 0 Å². The van der Waals surface area contributed by atoms with Crippen LogP contribution in [0.2, 0.25) is 5.02 Å². The number of rotatable bonds is 5. The molecule has 4 aromatic carbocycles. The van der Waals surface area contributed by atoms with E-state index >= 15 is 4.79 Å². The second-order valence-electron chi connectivity index (χ2n) is 14.1. The van der Waals surface area contributed by atoms with Crippen LogP contribution in [-0.2, 0) is 31.0 Å². The lowest BCUT2D eigenvalue weighted by Gasteiger charge is -2.51. The third-order valence-electron chi connectivity index (χ3n) is 11.6. The van der Waals surface area contributed by atoms with Gasteiger partial charge < -0.3 is 5.11 Å². The number of aromatic hydroxyl groups is 1. The highest BCUT2D eigenvalue weighted by atomic mass is 35.5. The van der Waals surface area contributed by atoms with Gasteiger partial charge in [0.1, 0.15) is 5.75 Å². The Bertz CT molecular complexity index is 2100. The molecule has 3 fully saturated rings. The molecular formula is C42H37ClN2O5. The highest BCUT2D eigenvalue weighted by molar-refractivity contribution is 6.32. The van der Waals surface area contributed by atoms with Crippen LogP contribution in [0.15, 0.2) is 103 Å². The number of amides is 4. The van der Waals surface area contributed by atoms with Crippen LogP contribution < -0.4 is 9.80 Å². The number of aryl methyl sites for hydroxylation is 3. The predicted molar refractivity (Wildman–Crippen MR) is 192 cm³/mol. The van der Waals surface area contributed by atoms with Gasteiger partial charge in [0, 0.05) is 10.9 Å². The summed E-state index contributed by atoms with van der Waals surface area (Å²) in [7, 11) is 0. The molecule has 1 N–H and O–H groups in total. The SMILES string of the molecule is CCc1ccc(N2C(=O)[C@H]3[C@H](CC=C4[C@H]3C[C@H]3C(=O)N(c5cccc(Cl)c5)C(=O)[C@@]3(c3ccccc3)[C@H]4c3cc(C)c(O)c(C)c3)C2=O)cc1. The Labute approximate surface area is 296 Å². The van der Waals surface area contributed by atoms with Crippen molar-refractivity contribution < 1.29 is 24.3 Å². The Morgan fingerprint density at radius 3 is 2.14 bits per heavy atom. The van der Waals surface area contributed by atoms with Gasteiger partial charge in [0.25, 0.3) is 0 Å². The van der Waals surface area contributed by atoms with E-state index in [-0.39, 0.29) is 35.8 Å². The number of benzene rings is 4. The Balaban J connectivity index is 1.35. The number of phenolic OH excluding ortho intramolecular Hbond substituents is 1. The average Bonchev–Trinajstić information content (AvgIpc) is 3.51. The summed E-state index contributed by atoms with van der Waals surface area (Å²) in [6.45, 7) is 5.70. The summed E-state index contributed by atoms with van der Waals surface area (Å²) in [5.74, 6) is -4.30. The van der Waals surface area contributed by atoms with E-state index in [4.69, 9.17) is 11.6 Å². The largest absolute Gasteiger partial charge is 0.507 e. The molecule has 4 amide bonds. The Morgan fingerprint density at radius 2 is 1.48 bits per heavy atom. The number of halogens is 1. The summed E-state index contributed by atoms with van der Waals surface area (Å²) in [6, 6.07) is 27.5. The van der Waals surface area contributed by atoms with Crippen molar-refractivity contribution in [3.8, 4) is 5.75 Å². The van der Waals surface area contributed by atoms with E-state index < -0.39 is 35.0 Å². The Hall–Kier alpha value is -5.01. The van der Waals surface area contributed by atoms with Crippen molar-refractivity contribution in [1.29, 1.82) is 0 Å². The number of phenols is 1. The topological polar surface area (TPSA) is 95.0 Å². The standard InChI is InChI=1S/C42H37ClN2O5/c1-4-25-13-15-29(16-14-25)44-38(47)32-18-17-31-33(35(32)40(44)49)22-34-39(48)45(30-12-8-11-28(43)21-30)41(50)42(34,27-9-6-5-7-10-27)36(31)26-19-23(2)37(46)24(3)20-26/h5-17,19-21,32-36,46H,4,18,22H2,1-3H3/t32-,33+,34-,35-,36-,42+/m0/s1. The average molecular weight is 685 g/mol. The molecule has 0 bridgehead atoms. The summed E-state index contributed by atoms with van der Waals surface area (Å²) in [5.41, 5.74) is 4.33. The number of anilines is 2. The fraction of sp³-hybridized carbons (Fsp3) is 0.286. The van der Waals surface area contributed by atoms with Crippen LogP contribution in [-0.4, -0.2) is 28.7 Å². The van der Waals surface area contributed by atoms with E-state index in [1.165, 1.54) is 9.80 Å². The molecule has 0 aromatic heterocycles. The summed E-state index contributed by atoms with van der Waals surface area (Å²) in [5, 5.41) is 11.3. The van der Waals surface area contributed by atoms with Gasteiger partial charge in [-0.1, -0.05) is 90.8 Å². The molecule has 4 aromatic rings. The van der Waals surface area contributed by atoms with Crippen LogP contribution in [0.5, 0.6) is 5.75 Å². The summed E-state index contributed by atoms with van der Waals surface area (Å²) in [4.78, 5) is 61.5. The Kier molecular flexibility index (Phi) is 7.60. The normalized spacial score (nSPS) is 27.3. The quantitative estimate of drug-likeness (QED) is 0.173. The van der Waals surface area contributed by atoms with Gasteiger partial charge >= 0.3 is 0 Å². The monoisotopic (exact) mass is 684 g/mol. The van der Waals surface area contributed by atoms with Gasteiger partial charge in [-0.25, -0.2) is 4.90 Å². The second kappa shape index (κ2) is 11.8. The number of carbonyl (C=O) groups is 4. The van der Waals surface area contributed by atoms with Gasteiger partial charge in [-0.05, 0) is 97.2 Å². The zero-order valence-corrected chi connectivity index (χ0v) is 28.9. The van der Waals surface area contributed by atoms with E-state index in [0.717, 1.165) is 23.1 Å². The lowest BCUT2D eigenvalue weighted by Crippen LogP contribution is -2.53. The fourth-order valence-corrected chi connectivity index (χ4v) is 9.59. The van der Waals surface area contributed by atoms with E-state index in [9.17, 15) is 19.5 Å². The molecule has 6 atom stereocenters. The molecule has 2 saturated heterocycles. The first-order chi connectivity index (χ1) is 24.1. The number of carbonyl (C=O) groups excluding carboxylic acids is 4. The number of imide groups is 2. The smallest absolute Gasteiger partial charge is 0.246 e. The number of allylic oxidation sites excluding steroid dienone is 2. The molecule has 0 radical (unpaired) electrons. The molecule has 0 spiro atoms. The van der Waals surface area contributed by atoms with Crippen LogP contribution in [0.3, 0.4) is 0 Å². The molecule has 8 rings (SSSR count). The van der Waals surface area contributed by atoms with Gasteiger partial charge in [0.15, 0.2) is 0 Å². The van der Waals surface area contributed by atoms with Gasteiger partial charge in [-0.15, -0.1) is 0 Å². The highest BCUT2D eigenvalue weighted by Gasteiger charge is 2.70. The number of fused-ring (bicyclic) bond motifs is 4. The van der Waals surface area contributed by atoms with Crippen molar-refractivity contribution in [3.63, 3.8) is 0 Å². The first-order valence-electron chi connectivity index (χ1n) is 17.2. The number of hydrogen-bond donors (Lipinski definition) is 1. The van der Waals surface area contributed by atoms with Crippen molar-refractivity contribution in [2.24, 2.45) is 23.7 Å². The molecule has 252 valence electrons. The van der Waals surface area contributed by atoms with E-state index in [1.54, 1.807) is 24.3 Å². The zero-order chi connectivity index (χ0) is 35.1. The van der Waals surface area contributed by atoms with Crippen LogP contribution in [0.1, 0.15) is 53.5 Å². The van der Waals surface area contributed by atoms with Crippen molar-refractivity contribution in [1.82, 2.24) is 0 Å². The van der Waals surface area contributed by atoms with Crippen LogP contribution in [0.4, 0.5) is 11.4 Å². The van der Waals surface area contributed by atoms with E-state index in [1.807, 2.05) is 80.6 Å². The second-order valence-corrected chi connectivity index (χ2v) is 14.6. The molecule has 50 heavy (non-hydrogen) atoms. The molecule has 8 heteroatoms. The highest BCUT2D eigenvalue weighted by Crippen LogP contribution is 2.64. The molecule has 2 heterocycles. The maximum absolute atomic E-state index is 15.4. The van der Waals surface area contributed by atoms with Gasteiger partial charge in [-0.2, -0.15) is 0 Å². The summed E-state index contributed by atoms with van der Waals surface area (Å²) in [6.07, 6.45) is 3.46. The summed E-state index contributed by atoms with van der Waals surface area (Å²) >= 11 is 6.41. The van der Waals surface area contributed by atoms with E-state index in [0.29, 0.717) is 39.5 Å². The first kappa shape index (κ1) is 32.2. The number of hydrogen-bond acceptors (Lipinski definition) is 5. The van der Waals surface area contributed by atoms with E-state index in [2.05, 4.69) is 13.0 Å². The van der Waals surface area contributed by atoms with Gasteiger partial charge in [0.2, 0.25) is 23.6 Å². The maximum Gasteiger partial charge on any atom is 0.246 e. The molecule has 0 unspecified atom stereocenters. The van der Waals surface area contributed by atoms with Crippen molar-refractivity contribution in [2.45, 2.75) is 51.4 Å². The predicted octanol–water partition coefficient (Wildman–Crippen LogP) is 7.59. The third kappa shape index (κ3) is 4.49. The van der Waals surface area contributed by atoms with Crippen molar-refractivity contribution >= 4 is 46.6 Å². The lowest BCUT2D eigenvalue weighted by molar-refractivity contribution is -0.127. The third-order valence-corrected chi connectivity index (χ3v) is 11.9. The van der Waals surface area contributed by atoms with Gasteiger partial charge in [0.05, 0.1) is 34.5 Å². The molecule has 2 aliphatic heterocycles. The molecular weight excluding hydrogens is 648 g/mol. The number of nitrogens with zero attached hydrogens (tertiary/aromatic N) is 2. The molecule has 7 nitrogen and oxygen atoms in total. The minimum atomic E-state index is -1.37. The maximum atomic E-state index is 15.4. The van der Waals surface area contributed by atoms with Gasteiger partial charge in [-0.3, -0.25) is 24.1 Å². The molecule has 1 saturated carbocycles.